The fourth-order valence-electron chi connectivity index (χ4n) is 2.24. The van der Waals surface area contributed by atoms with E-state index in [1.807, 2.05) is 19.1 Å². The molecule has 1 unspecified atom stereocenters. The van der Waals surface area contributed by atoms with Gasteiger partial charge in [-0.15, -0.1) is 0 Å². The molecule has 1 nitrogen and oxygen atoms in total. The number of nitrogens with one attached hydrogen (secondary N) is 1. The van der Waals surface area contributed by atoms with Crippen molar-refractivity contribution in [3.63, 3.8) is 0 Å². The van der Waals surface area contributed by atoms with Gasteiger partial charge in [0.2, 0.25) is 0 Å². The monoisotopic (exact) mass is 433 g/mol. The average Bonchev–Trinajstić information content (AvgIpc) is 2.45. The van der Waals surface area contributed by atoms with Crippen LogP contribution in [0.4, 0.5) is 4.39 Å². The largest absolute Gasteiger partial charge is 0.310 e. The summed E-state index contributed by atoms with van der Waals surface area (Å²) in [5.41, 5.74) is 1.92. The van der Waals surface area contributed by atoms with Gasteiger partial charge in [-0.05, 0) is 60.5 Å². The van der Waals surface area contributed by atoms with Crippen LogP contribution in [0, 0.1) is 5.82 Å². The summed E-state index contributed by atoms with van der Waals surface area (Å²) in [5, 5.41) is 4.02. The third-order valence-electron chi connectivity index (χ3n) is 3.22. The predicted molar refractivity (Wildman–Crippen MR) is 93.4 cm³/mol. The molecule has 0 spiro atoms. The van der Waals surface area contributed by atoms with E-state index < -0.39 is 0 Å². The lowest BCUT2D eigenvalue weighted by atomic mass is 9.98. The number of rotatable bonds is 5. The van der Waals surface area contributed by atoms with Crippen LogP contribution in [-0.4, -0.2) is 6.54 Å². The van der Waals surface area contributed by atoms with Gasteiger partial charge in [0.05, 0.1) is 0 Å². The molecule has 1 atom stereocenters. The minimum Gasteiger partial charge on any atom is -0.310 e. The molecule has 0 amide bonds. The van der Waals surface area contributed by atoms with Crippen molar-refractivity contribution in [2.75, 3.05) is 6.54 Å². The molecule has 2 rings (SSSR count). The molecule has 2 aromatic rings. The molecule has 0 heterocycles. The molecule has 2 aromatic carbocycles. The van der Waals surface area contributed by atoms with E-state index in [1.54, 1.807) is 6.07 Å². The van der Waals surface area contributed by atoms with Crippen LogP contribution in [0.25, 0.3) is 0 Å². The highest BCUT2D eigenvalue weighted by atomic mass is 79.9. The molecule has 0 aliphatic heterocycles. The van der Waals surface area contributed by atoms with Crippen LogP contribution < -0.4 is 5.32 Å². The first-order chi connectivity index (χ1) is 10.0. The van der Waals surface area contributed by atoms with Crippen molar-refractivity contribution in [2.45, 2.75) is 19.4 Å². The second kappa shape index (κ2) is 7.73. The fraction of sp³-hybridized carbons (Fsp3) is 0.250. The van der Waals surface area contributed by atoms with E-state index in [2.05, 4.69) is 43.2 Å². The molecule has 5 heteroatoms. The Bertz CT molecular complexity index is 634. The van der Waals surface area contributed by atoms with Crippen molar-refractivity contribution in [3.8, 4) is 0 Å². The summed E-state index contributed by atoms with van der Waals surface area (Å²) in [5.74, 6) is -0.266. The Balaban J connectivity index is 2.35. The van der Waals surface area contributed by atoms with Crippen LogP contribution in [0.2, 0.25) is 5.02 Å². The Morgan fingerprint density at radius 3 is 2.67 bits per heavy atom. The lowest BCUT2D eigenvalue weighted by molar-refractivity contribution is 0.545. The minimum absolute atomic E-state index is 0.0566. The zero-order valence-electron chi connectivity index (χ0n) is 11.5. The van der Waals surface area contributed by atoms with Gasteiger partial charge in [0, 0.05) is 20.0 Å². The highest BCUT2D eigenvalue weighted by Crippen LogP contribution is 2.31. The quantitative estimate of drug-likeness (QED) is 0.617. The summed E-state index contributed by atoms with van der Waals surface area (Å²) in [4.78, 5) is 0. The van der Waals surface area contributed by atoms with Gasteiger partial charge in [-0.1, -0.05) is 50.4 Å². The molecule has 21 heavy (non-hydrogen) atoms. The van der Waals surface area contributed by atoms with Crippen molar-refractivity contribution in [1.29, 1.82) is 0 Å². The fourth-order valence-corrected chi connectivity index (χ4v) is 3.34. The van der Waals surface area contributed by atoms with Crippen molar-refractivity contribution < 1.29 is 4.39 Å². The van der Waals surface area contributed by atoms with Crippen LogP contribution in [-0.2, 0) is 6.42 Å². The molecule has 1 N–H and O–H groups in total. The number of halogens is 4. The SMILES string of the molecule is CCNC(Cc1cc(F)ccc1Cl)c1cc(Br)ccc1Br. The normalized spacial score (nSPS) is 12.4. The third-order valence-corrected chi connectivity index (χ3v) is 4.80. The molecule has 0 aromatic heterocycles. The van der Waals surface area contributed by atoms with Gasteiger partial charge < -0.3 is 5.32 Å². The predicted octanol–water partition coefficient (Wildman–Crippen LogP) is 5.90. The van der Waals surface area contributed by atoms with Crippen molar-refractivity contribution >= 4 is 43.5 Å². The van der Waals surface area contributed by atoms with E-state index in [0.717, 1.165) is 26.6 Å². The maximum atomic E-state index is 13.4. The Kier molecular flexibility index (Phi) is 6.23. The van der Waals surface area contributed by atoms with E-state index in [9.17, 15) is 4.39 Å². The number of benzene rings is 2. The molecule has 0 radical (unpaired) electrons. The highest BCUT2D eigenvalue weighted by molar-refractivity contribution is 9.11. The van der Waals surface area contributed by atoms with E-state index in [4.69, 9.17) is 11.6 Å². The van der Waals surface area contributed by atoms with Crippen LogP contribution in [0.1, 0.15) is 24.1 Å². The van der Waals surface area contributed by atoms with E-state index in [0.29, 0.717) is 11.4 Å². The Morgan fingerprint density at radius 1 is 1.19 bits per heavy atom. The van der Waals surface area contributed by atoms with Gasteiger partial charge >= 0.3 is 0 Å². The molecule has 0 aliphatic carbocycles. The molecular formula is C16H15Br2ClFN. The van der Waals surface area contributed by atoms with E-state index in [-0.39, 0.29) is 11.9 Å². The number of hydrogen-bond donors (Lipinski definition) is 1. The van der Waals surface area contributed by atoms with Crippen molar-refractivity contribution in [2.24, 2.45) is 0 Å². The maximum absolute atomic E-state index is 13.4. The molecule has 0 saturated heterocycles. The Hall–Kier alpha value is -0.420. The van der Waals surface area contributed by atoms with Crippen LogP contribution in [0.15, 0.2) is 45.3 Å². The third kappa shape index (κ3) is 4.52. The molecule has 0 bridgehead atoms. The summed E-state index contributed by atoms with van der Waals surface area (Å²) in [6.45, 7) is 2.86. The number of hydrogen-bond acceptors (Lipinski definition) is 1. The van der Waals surface area contributed by atoms with E-state index in [1.165, 1.54) is 12.1 Å². The summed E-state index contributed by atoms with van der Waals surface area (Å²) >= 11 is 13.3. The Labute approximate surface area is 146 Å². The second-order valence-corrected chi connectivity index (χ2v) is 6.89. The smallest absolute Gasteiger partial charge is 0.123 e. The topological polar surface area (TPSA) is 12.0 Å². The Morgan fingerprint density at radius 2 is 1.95 bits per heavy atom. The van der Waals surface area contributed by atoms with Crippen molar-refractivity contribution in [3.05, 3.63) is 67.3 Å². The lowest BCUT2D eigenvalue weighted by Gasteiger charge is -2.21. The molecular weight excluding hydrogens is 420 g/mol. The summed E-state index contributed by atoms with van der Waals surface area (Å²) in [7, 11) is 0. The molecule has 0 fully saturated rings. The number of likely N-dealkylation sites (N-methyl/N-ethyl adjacent to an activating group) is 1. The van der Waals surface area contributed by atoms with Gasteiger partial charge in [0.25, 0.3) is 0 Å². The summed E-state index contributed by atoms with van der Waals surface area (Å²) in [6, 6.07) is 10.6. The zero-order chi connectivity index (χ0) is 15.4. The first-order valence-corrected chi connectivity index (χ1v) is 8.60. The summed E-state index contributed by atoms with van der Waals surface area (Å²) < 4.78 is 15.5. The molecule has 112 valence electrons. The maximum Gasteiger partial charge on any atom is 0.123 e. The van der Waals surface area contributed by atoms with Gasteiger partial charge in [-0.25, -0.2) is 4.39 Å². The average molecular weight is 436 g/mol. The van der Waals surface area contributed by atoms with Gasteiger partial charge in [0.1, 0.15) is 5.82 Å². The summed E-state index contributed by atoms with van der Waals surface area (Å²) in [6.07, 6.45) is 0.624. The highest BCUT2D eigenvalue weighted by Gasteiger charge is 2.16. The van der Waals surface area contributed by atoms with Gasteiger partial charge in [-0.2, -0.15) is 0 Å². The second-order valence-electron chi connectivity index (χ2n) is 4.72. The van der Waals surface area contributed by atoms with Crippen molar-refractivity contribution in [1.82, 2.24) is 5.32 Å². The lowest BCUT2D eigenvalue weighted by Crippen LogP contribution is -2.23. The minimum atomic E-state index is -0.266. The van der Waals surface area contributed by atoms with Crippen LogP contribution in [0.3, 0.4) is 0 Å². The van der Waals surface area contributed by atoms with Crippen LogP contribution in [0.5, 0.6) is 0 Å². The first-order valence-electron chi connectivity index (χ1n) is 6.63. The first kappa shape index (κ1) is 16.9. The molecule has 0 saturated carbocycles. The molecule has 0 aliphatic rings. The van der Waals surface area contributed by atoms with Gasteiger partial charge in [-0.3, -0.25) is 0 Å². The van der Waals surface area contributed by atoms with Gasteiger partial charge in [0.15, 0.2) is 0 Å². The van der Waals surface area contributed by atoms with Crippen LogP contribution >= 0.6 is 43.5 Å². The zero-order valence-corrected chi connectivity index (χ0v) is 15.4. The standard InChI is InChI=1S/C16H15Br2ClFN/c1-2-21-16(13-9-11(17)3-5-14(13)18)8-10-7-12(20)4-6-15(10)19/h3-7,9,16,21H,2,8H2,1H3. The van der Waals surface area contributed by atoms with E-state index >= 15 is 0 Å².